The van der Waals surface area contributed by atoms with Crippen LogP contribution in [0, 0.1) is 27.4 Å². The minimum Gasteiger partial charge on any atom is -0.354 e. The van der Waals surface area contributed by atoms with Crippen molar-refractivity contribution in [2.24, 2.45) is 5.92 Å². The predicted octanol–water partition coefficient (Wildman–Crippen LogP) is 2.10. The van der Waals surface area contributed by atoms with E-state index in [2.05, 4.69) is 4.98 Å². The summed E-state index contributed by atoms with van der Waals surface area (Å²) >= 11 is 0. The van der Waals surface area contributed by atoms with E-state index < -0.39 is 4.92 Å². The maximum absolute atomic E-state index is 11.0. The molecule has 0 spiro atoms. The van der Waals surface area contributed by atoms with E-state index in [1.165, 1.54) is 25.1 Å². The third kappa shape index (κ3) is 2.56. The summed E-state index contributed by atoms with van der Waals surface area (Å²) in [6.07, 6.45) is 4.96. The molecule has 1 aliphatic rings. The lowest BCUT2D eigenvalue weighted by atomic mass is 10.2. The molecule has 1 aromatic heterocycles. The molecule has 1 aromatic rings. The summed E-state index contributed by atoms with van der Waals surface area (Å²) in [5, 5.41) is 19.9. The van der Waals surface area contributed by atoms with E-state index in [0.717, 1.165) is 18.9 Å². The molecular weight excluding hydrogens is 232 g/mol. The van der Waals surface area contributed by atoms with Crippen LogP contribution >= 0.6 is 0 Å². The zero-order valence-electron chi connectivity index (χ0n) is 10.2. The van der Waals surface area contributed by atoms with E-state index in [0.29, 0.717) is 0 Å². The van der Waals surface area contributed by atoms with E-state index >= 15 is 0 Å². The first-order chi connectivity index (χ1) is 8.63. The molecule has 0 bridgehead atoms. The lowest BCUT2D eigenvalue weighted by Crippen LogP contribution is -2.21. The van der Waals surface area contributed by atoms with Crippen LogP contribution in [0.1, 0.15) is 24.8 Å². The van der Waals surface area contributed by atoms with Crippen molar-refractivity contribution in [3.63, 3.8) is 0 Å². The molecule has 0 unspecified atom stereocenters. The van der Waals surface area contributed by atoms with Crippen molar-refractivity contribution in [3.05, 3.63) is 27.9 Å². The van der Waals surface area contributed by atoms with E-state index in [4.69, 9.17) is 5.26 Å². The minimum absolute atomic E-state index is 0.0586. The molecule has 0 aliphatic heterocycles. The van der Waals surface area contributed by atoms with E-state index in [1.54, 1.807) is 11.9 Å². The van der Waals surface area contributed by atoms with Gasteiger partial charge < -0.3 is 4.90 Å². The van der Waals surface area contributed by atoms with Crippen molar-refractivity contribution in [2.45, 2.75) is 19.3 Å². The van der Waals surface area contributed by atoms with Crippen molar-refractivity contribution in [1.29, 1.82) is 5.26 Å². The maximum Gasteiger partial charge on any atom is 0.329 e. The molecule has 1 aliphatic carbocycles. The Morgan fingerprint density at radius 1 is 1.67 bits per heavy atom. The first kappa shape index (κ1) is 12.3. The van der Waals surface area contributed by atoms with Crippen LogP contribution in [0.15, 0.2) is 12.3 Å². The quantitative estimate of drug-likeness (QED) is 0.586. The molecule has 0 N–H and O–H groups in total. The number of aromatic nitrogens is 1. The molecular formula is C12H14N4O2. The number of nitrogens with zero attached hydrogens (tertiary/aromatic N) is 4. The first-order valence-corrected chi connectivity index (χ1v) is 5.88. The Morgan fingerprint density at radius 3 is 2.94 bits per heavy atom. The average Bonchev–Trinajstić information content (AvgIpc) is 3.18. The minimum atomic E-state index is -0.533. The summed E-state index contributed by atoms with van der Waals surface area (Å²) in [6, 6.07) is 3.21. The SMILES string of the molecule is CN(CCC1CC1)c1nccc(C#N)c1[N+](=O)[O-]. The lowest BCUT2D eigenvalue weighted by molar-refractivity contribution is -0.384. The second kappa shape index (κ2) is 5.00. The fourth-order valence-electron chi connectivity index (χ4n) is 1.88. The Kier molecular flexibility index (Phi) is 3.42. The second-order valence-corrected chi connectivity index (χ2v) is 4.55. The Morgan fingerprint density at radius 2 is 2.39 bits per heavy atom. The molecule has 6 nitrogen and oxygen atoms in total. The highest BCUT2D eigenvalue weighted by Crippen LogP contribution is 2.34. The smallest absolute Gasteiger partial charge is 0.329 e. The van der Waals surface area contributed by atoms with Crippen LogP contribution in [-0.2, 0) is 0 Å². The third-order valence-electron chi connectivity index (χ3n) is 3.14. The van der Waals surface area contributed by atoms with Gasteiger partial charge in [-0.05, 0) is 18.4 Å². The number of rotatable bonds is 5. The van der Waals surface area contributed by atoms with E-state index in [-0.39, 0.29) is 17.1 Å². The van der Waals surface area contributed by atoms with Gasteiger partial charge in [-0.2, -0.15) is 5.26 Å². The number of hydrogen-bond acceptors (Lipinski definition) is 5. The highest BCUT2D eigenvalue weighted by atomic mass is 16.6. The van der Waals surface area contributed by atoms with Crippen molar-refractivity contribution in [2.75, 3.05) is 18.5 Å². The summed E-state index contributed by atoms with van der Waals surface area (Å²) in [7, 11) is 1.78. The number of nitriles is 1. The standard InChI is InChI=1S/C12H14N4O2/c1-15(7-5-9-2-3-9)12-11(16(17)18)10(8-13)4-6-14-12/h4,6,9H,2-3,5,7H2,1H3. The number of nitro groups is 1. The van der Waals surface area contributed by atoms with E-state index in [1.807, 2.05) is 6.07 Å². The molecule has 0 atom stereocenters. The van der Waals surface area contributed by atoms with Gasteiger partial charge in [-0.3, -0.25) is 10.1 Å². The summed E-state index contributed by atoms with van der Waals surface area (Å²) in [5.74, 6) is 1.03. The molecule has 1 heterocycles. The first-order valence-electron chi connectivity index (χ1n) is 5.88. The van der Waals surface area contributed by atoms with Crippen LogP contribution in [0.25, 0.3) is 0 Å². The topological polar surface area (TPSA) is 83.1 Å². The fraction of sp³-hybridized carbons (Fsp3) is 0.500. The van der Waals surface area contributed by atoms with Crippen LogP contribution in [0.3, 0.4) is 0 Å². The average molecular weight is 246 g/mol. The van der Waals surface area contributed by atoms with Gasteiger partial charge in [-0.1, -0.05) is 12.8 Å². The van der Waals surface area contributed by atoms with Crippen molar-refractivity contribution in [3.8, 4) is 6.07 Å². The molecule has 0 amide bonds. The molecule has 94 valence electrons. The molecule has 0 radical (unpaired) electrons. The number of hydrogen-bond donors (Lipinski definition) is 0. The van der Waals surface area contributed by atoms with Crippen LogP contribution in [0.4, 0.5) is 11.5 Å². The molecule has 0 saturated heterocycles. The number of pyridine rings is 1. The van der Waals surface area contributed by atoms with Crippen LogP contribution in [0.5, 0.6) is 0 Å². The molecule has 1 saturated carbocycles. The van der Waals surface area contributed by atoms with Gasteiger partial charge in [0.2, 0.25) is 5.82 Å². The monoisotopic (exact) mass is 246 g/mol. The van der Waals surface area contributed by atoms with Gasteiger partial charge in [0.05, 0.1) is 4.92 Å². The molecule has 1 fully saturated rings. The molecule has 0 aromatic carbocycles. The van der Waals surface area contributed by atoms with Crippen LogP contribution in [-0.4, -0.2) is 23.5 Å². The summed E-state index contributed by atoms with van der Waals surface area (Å²) < 4.78 is 0. The van der Waals surface area contributed by atoms with Gasteiger partial charge in [0.1, 0.15) is 11.6 Å². The highest BCUT2D eigenvalue weighted by Gasteiger charge is 2.26. The van der Waals surface area contributed by atoms with Crippen molar-refractivity contribution < 1.29 is 4.92 Å². The lowest BCUT2D eigenvalue weighted by Gasteiger charge is -2.17. The number of anilines is 1. The Balaban J connectivity index is 2.24. The van der Waals surface area contributed by atoms with Gasteiger partial charge in [0, 0.05) is 19.8 Å². The van der Waals surface area contributed by atoms with Gasteiger partial charge in [-0.15, -0.1) is 0 Å². The fourth-order valence-corrected chi connectivity index (χ4v) is 1.88. The molecule has 2 rings (SSSR count). The van der Waals surface area contributed by atoms with Gasteiger partial charge in [0.15, 0.2) is 0 Å². The largest absolute Gasteiger partial charge is 0.354 e. The highest BCUT2D eigenvalue weighted by molar-refractivity contribution is 5.65. The molecule has 18 heavy (non-hydrogen) atoms. The maximum atomic E-state index is 11.0. The van der Waals surface area contributed by atoms with Gasteiger partial charge >= 0.3 is 5.69 Å². The third-order valence-corrected chi connectivity index (χ3v) is 3.14. The summed E-state index contributed by atoms with van der Waals surface area (Å²) in [6.45, 7) is 0.730. The van der Waals surface area contributed by atoms with Crippen LogP contribution in [0.2, 0.25) is 0 Å². The van der Waals surface area contributed by atoms with Crippen LogP contribution < -0.4 is 4.90 Å². The van der Waals surface area contributed by atoms with Gasteiger partial charge in [-0.25, -0.2) is 4.98 Å². The van der Waals surface area contributed by atoms with Gasteiger partial charge in [0.25, 0.3) is 0 Å². The van der Waals surface area contributed by atoms with Crippen molar-refractivity contribution in [1.82, 2.24) is 4.98 Å². The Bertz CT molecular complexity index is 505. The summed E-state index contributed by atoms with van der Waals surface area (Å²) in [4.78, 5) is 16.3. The zero-order chi connectivity index (χ0) is 13.1. The zero-order valence-corrected chi connectivity index (χ0v) is 10.2. The normalized spacial score (nSPS) is 14.0. The predicted molar refractivity (Wildman–Crippen MR) is 66.2 cm³/mol. The van der Waals surface area contributed by atoms with E-state index in [9.17, 15) is 10.1 Å². The Hall–Kier alpha value is -2.16. The molecule has 6 heteroatoms. The Labute approximate surface area is 105 Å². The summed E-state index contributed by atoms with van der Waals surface area (Å²) in [5.41, 5.74) is -0.137. The second-order valence-electron chi connectivity index (χ2n) is 4.55. The van der Waals surface area contributed by atoms with Crippen molar-refractivity contribution >= 4 is 11.5 Å².